The number of esters is 1. The van der Waals surface area contributed by atoms with Crippen LogP contribution in [0.1, 0.15) is 32.3 Å². The molecule has 0 heterocycles. The van der Waals surface area contributed by atoms with E-state index < -0.39 is 11.9 Å². The molecule has 2 aromatic carbocycles. The zero-order valence-corrected chi connectivity index (χ0v) is 13.2. The minimum atomic E-state index is -0.642. The van der Waals surface area contributed by atoms with Gasteiger partial charge in [-0.25, -0.2) is 0 Å². The first-order chi connectivity index (χ1) is 10.7. The summed E-state index contributed by atoms with van der Waals surface area (Å²) in [4.78, 5) is 24.4. The number of carbonyl (C=O) groups excluding carboxylic acids is 2. The average Bonchev–Trinajstić information content (AvgIpc) is 2.52. The van der Waals surface area contributed by atoms with Crippen molar-refractivity contribution in [1.29, 1.82) is 0 Å². The zero-order chi connectivity index (χ0) is 15.9. The molecule has 3 nitrogen and oxygen atoms in total. The highest BCUT2D eigenvalue weighted by molar-refractivity contribution is 6.00. The predicted molar refractivity (Wildman–Crippen MR) is 87.7 cm³/mol. The van der Waals surface area contributed by atoms with Crippen molar-refractivity contribution < 1.29 is 14.3 Å². The van der Waals surface area contributed by atoms with E-state index in [-0.39, 0.29) is 12.2 Å². The van der Waals surface area contributed by atoms with Crippen molar-refractivity contribution in [2.45, 2.75) is 33.1 Å². The van der Waals surface area contributed by atoms with Gasteiger partial charge in [-0.3, -0.25) is 9.59 Å². The third-order valence-corrected chi connectivity index (χ3v) is 3.73. The Labute approximate surface area is 131 Å². The van der Waals surface area contributed by atoms with Crippen LogP contribution in [-0.2, 0) is 20.7 Å². The molecule has 116 valence electrons. The Hall–Kier alpha value is -2.16. The molecule has 0 aliphatic heterocycles. The van der Waals surface area contributed by atoms with E-state index in [1.807, 2.05) is 49.4 Å². The Morgan fingerprint density at radius 1 is 1.05 bits per heavy atom. The van der Waals surface area contributed by atoms with Crippen LogP contribution in [0.25, 0.3) is 10.8 Å². The van der Waals surface area contributed by atoms with Gasteiger partial charge in [0.1, 0.15) is 5.92 Å². The van der Waals surface area contributed by atoms with Gasteiger partial charge in [-0.05, 0) is 29.7 Å². The maximum Gasteiger partial charge on any atom is 0.316 e. The van der Waals surface area contributed by atoms with Crippen LogP contribution in [0, 0.1) is 5.92 Å². The first kappa shape index (κ1) is 16.2. The smallest absolute Gasteiger partial charge is 0.316 e. The molecule has 0 fully saturated rings. The van der Waals surface area contributed by atoms with E-state index >= 15 is 0 Å². The summed E-state index contributed by atoms with van der Waals surface area (Å²) in [6, 6.07) is 14.0. The third kappa shape index (κ3) is 3.94. The van der Waals surface area contributed by atoms with Gasteiger partial charge in [-0.15, -0.1) is 0 Å². The van der Waals surface area contributed by atoms with Crippen LogP contribution in [0.3, 0.4) is 0 Å². The van der Waals surface area contributed by atoms with Gasteiger partial charge in [0, 0.05) is 6.42 Å². The molecule has 0 aliphatic carbocycles. The number of Topliss-reactive ketones (excluding diaryl/α,β-unsaturated/α-hetero) is 1. The fraction of sp³-hybridized carbons (Fsp3) is 0.368. The SMILES string of the molecule is CCCC(C(=O)Cc1ccc2ccccc2c1)C(=O)OCC. The average molecular weight is 298 g/mol. The molecule has 0 saturated heterocycles. The van der Waals surface area contributed by atoms with Crippen LogP contribution >= 0.6 is 0 Å². The second-order valence-corrected chi connectivity index (χ2v) is 5.42. The molecule has 3 heteroatoms. The highest BCUT2D eigenvalue weighted by atomic mass is 16.5. The summed E-state index contributed by atoms with van der Waals surface area (Å²) in [5, 5.41) is 2.25. The van der Waals surface area contributed by atoms with Crippen molar-refractivity contribution in [3.05, 3.63) is 48.0 Å². The lowest BCUT2D eigenvalue weighted by atomic mass is 9.93. The lowest BCUT2D eigenvalue weighted by Crippen LogP contribution is -2.27. The summed E-state index contributed by atoms with van der Waals surface area (Å²) in [5.74, 6) is -1.10. The number of fused-ring (bicyclic) bond motifs is 1. The van der Waals surface area contributed by atoms with Crippen molar-refractivity contribution in [2.75, 3.05) is 6.61 Å². The molecule has 0 amide bonds. The monoisotopic (exact) mass is 298 g/mol. The standard InChI is InChI=1S/C19H22O3/c1-3-7-17(19(21)22-4-2)18(20)13-14-10-11-15-8-5-6-9-16(15)12-14/h5-6,8-12,17H,3-4,7,13H2,1-2H3. The highest BCUT2D eigenvalue weighted by Crippen LogP contribution is 2.19. The van der Waals surface area contributed by atoms with Crippen molar-refractivity contribution in [1.82, 2.24) is 0 Å². The zero-order valence-electron chi connectivity index (χ0n) is 13.2. The molecule has 2 aromatic rings. The summed E-state index contributed by atoms with van der Waals surface area (Å²) in [6.45, 7) is 4.03. The molecule has 1 atom stereocenters. The van der Waals surface area contributed by atoms with Crippen LogP contribution in [-0.4, -0.2) is 18.4 Å². The topological polar surface area (TPSA) is 43.4 Å². The van der Waals surface area contributed by atoms with Crippen LogP contribution in [0.15, 0.2) is 42.5 Å². The van der Waals surface area contributed by atoms with Gasteiger partial charge in [0.05, 0.1) is 6.61 Å². The van der Waals surface area contributed by atoms with Gasteiger partial charge in [0.25, 0.3) is 0 Å². The van der Waals surface area contributed by atoms with Crippen molar-refractivity contribution in [3.63, 3.8) is 0 Å². The lowest BCUT2D eigenvalue weighted by molar-refractivity contribution is -0.151. The van der Waals surface area contributed by atoms with Gasteiger partial charge >= 0.3 is 5.97 Å². The van der Waals surface area contributed by atoms with E-state index in [0.29, 0.717) is 13.0 Å². The minimum Gasteiger partial charge on any atom is -0.465 e. The number of carbonyl (C=O) groups is 2. The third-order valence-electron chi connectivity index (χ3n) is 3.73. The summed E-state index contributed by atoms with van der Waals surface area (Å²) in [6.07, 6.45) is 1.60. The fourth-order valence-corrected chi connectivity index (χ4v) is 2.61. The molecule has 0 N–H and O–H groups in total. The molecule has 0 aliphatic rings. The minimum absolute atomic E-state index is 0.0596. The Balaban J connectivity index is 2.14. The molecule has 0 bridgehead atoms. The molecule has 0 saturated carbocycles. The van der Waals surface area contributed by atoms with Crippen LogP contribution in [0.5, 0.6) is 0 Å². The van der Waals surface area contributed by atoms with Gasteiger partial charge < -0.3 is 4.74 Å². The molecule has 1 unspecified atom stereocenters. The fourth-order valence-electron chi connectivity index (χ4n) is 2.61. The summed E-state index contributed by atoms with van der Waals surface area (Å²) < 4.78 is 5.03. The lowest BCUT2D eigenvalue weighted by Gasteiger charge is -2.14. The van der Waals surface area contributed by atoms with E-state index in [1.165, 1.54) is 0 Å². The first-order valence-corrected chi connectivity index (χ1v) is 7.82. The molecular weight excluding hydrogens is 276 g/mol. The summed E-state index contributed by atoms with van der Waals surface area (Å²) in [5.41, 5.74) is 0.939. The second kappa shape index (κ2) is 7.74. The van der Waals surface area contributed by atoms with E-state index in [1.54, 1.807) is 6.92 Å². The first-order valence-electron chi connectivity index (χ1n) is 7.82. The maximum absolute atomic E-state index is 12.5. The largest absolute Gasteiger partial charge is 0.465 e. The van der Waals surface area contributed by atoms with Gasteiger partial charge in [-0.2, -0.15) is 0 Å². The van der Waals surface area contributed by atoms with E-state index in [2.05, 4.69) is 0 Å². The number of benzene rings is 2. The molecule has 0 aromatic heterocycles. The molecule has 0 spiro atoms. The number of hydrogen-bond acceptors (Lipinski definition) is 3. The van der Waals surface area contributed by atoms with Crippen LogP contribution in [0.2, 0.25) is 0 Å². The van der Waals surface area contributed by atoms with Gasteiger partial charge in [0.2, 0.25) is 0 Å². The second-order valence-electron chi connectivity index (χ2n) is 5.42. The number of ether oxygens (including phenoxy) is 1. The Kier molecular flexibility index (Phi) is 5.70. The van der Waals surface area contributed by atoms with Crippen molar-refractivity contribution in [3.8, 4) is 0 Å². The van der Waals surface area contributed by atoms with Gasteiger partial charge in [-0.1, -0.05) is 55.8 Å². The van der Waals surface area contributed by atoms with E-state index in [4.69, 9.17) is 4.74 Å². The molecule has 2 rings (SSSR count). The Morgan fingerprint density at radius 2 is 1.77 bits per heavy atom. The molecule has 0 radical (unpaired) electrons. The maximum atomic E-state index is 12.5. The van der Waals surface area contributed by atoms with E-state index in [0.717, 1.165) is 22.8 Å². The van der Waals surface area contributed by atoms with Crippen LogP contribution in [0.4, 0.5) is 0 Å². The predicted octanol–water partition coefficient (Wildman–Crippen LogP) is 3.93. The molecular formula is C19H22O3. The van der Waals surface area contributed by atoms with Gasteiger partial charge in [0.15, 0.2) is 5.78 Å². The molecule has 22 heavy (non-hydrogen) atoms. The van der Waals surface area contributed by atoms with Crippen molar-refractivity contribution in [2.24, 2.45) is 5.92 Å². The Bertz CT molecular complexity index is 661. The quantitative estimate of drug-likeness (QED) is 0.574. The summed E-state index contributed by atoms with van der Waals surface area (Å²) in [7, 11) is 0. The highest BCUT2D eigenvalue weighted by Gasteiger charge is 2.26. The normalized spacial score (nSPS) is 12.1. The summed E-state index contributed by atoms with van der Waals surface area (Å²) >= 11 is 0. The number of ketones is 1. The van der Waals surface area contributed by atoms with E-state index in [9.17, 15) is 9.59 Å². The number of rotatable bonds is 7. The number of hydrogen-bond donors (Lipinski definition) is 0. The van der Waals surface area contributed by atoms with Crippen molar-refractivity contribution >= 4 is 22.5 Å². The van der Waals surface area contributed by atoms with Crippen LogP contribution < -0.4 is 0 Å². The Morgan fingerprint density at radius 3 is 2.45 bits per heavy atom.